The minimum Gasteiger partial charge on any atom is -0.494 e. The number of ether oxygens (including phenoxy) is 2. The monoisotopic (exact) mass is 660 g/mol. The van der Waals surface area contributed by atoms with Crippen molar-refractivity contribution in [3.8, 4) is 11.5 Å². The summed E-state index contributed by atoms with van der Waals surface area (Å²) in [5.74, 6) is -3.07. The van der Waals surface area contributed by atoms with Crippen molar-refractivity contribution in [1.82, 2.24) is 5.32 Å². The predicted octanol–water partition coefficient (Wildman–Crippen LogP) is 7.98. The number of hydrogen-bond acceptors (Lipinski definition) is 4. The van der Waals surface area contributed by atoms with Crippen molar-refractivity contribution in [2.45, 2.75) is 50.4 Å². The van der Waals surface area contributed by atoms with Crippen LogP contribution in [0.5, 0.6) is 11.5 Å². The van der Waals surface area contributed by atoms with Gasteiger partial charge in [0.15, 0.2) is 5.54 Å². The van der Waals surface area contributed by atoms with E-state index in [1.54, 1.807) is 19.1 Å². The smallest absolute Gasteiger partial charge is 0.494 e. The molecule has 0 unspecified atom stereocenters. The van der Waals surface area contributed by atoms with E-state index in [-0.39, 0.29) is 35.6 Å². The maximum Gasteiger partial charge on any atom is 0.573 e. The number of aryl methyl sites for hydroxylation is 1. The fourth-order valence-corrected chi connectivity index (χ4v) is 4.77. The van der Waals surface area contributed by atoms with Gasteiger partial charge in [0.1, 0.15) is 17.1 Å². The molecule has 1 atom stereocenters. The van der Waals surface area contributed by atoms with E-state index in [0.717, 1.165) is 54.1 Å². The second-order valence-electron chi connectivity index (χ2n) is 10.4. The Bertz CT molecular complexity index is 1580. The number of amides is 2. The molecule has 1 heterocycles. The van der Waals surface area contributed by atoms with Crippen molar-refractivity contribution in [2.24, 2.45) is 0 Å². The standard InChI is InChI=1S/C31H25F9N2O4/c1-18-3-5-19(6-4-18)24-17-28(30(35,36)37,20-7-11-22(12-8-20)45-16-2-15-29(32,33)34)42-27(44)25(24)26(43)41-21-9-13-23(14-10-21)46-31(38,39)40/h3-14H,2,15-17H2,1H3,(H,41,43)(H,42,44)/t28-/m0/s1. The molecule has 3 aromatic carbocycles. The van der Waals surface area contributed by atoms with Crippen LogP contribution in [0, 0.1) is 6.92 Å². The van der Waals surface area contributed by atoms with Gasteiger partial charge in [-0.05, 0) is 66.4 Å². The summed E-state index contributed by atoms with van der Waals surface area (Å²) in [6, 6.07) is 14.3. The van der Waals surface area contributed by atoms with E-state index in [2.05, 4.69) is 10.1 Å². The lowest BCUT2D eigenvalue weighted by molar-refractivity contribution is -0.274. The second kappa shape index (κ2) is 13.0. The van der Waals surface area contributed by atoms with Gasteiger partial charge in [0.2, 0.25) is 0 Å². The zero-order chi connectivity index (χ0) is 33.9. The Hall–Kier alpha value is -4.69. The Labute approximate surface area is 256 Å². The zero-order valence-corrected chi connectivity index (χ0v) is 23.8. The Kier molecular flexibility index (Phi) is 9.64. The number of halogens is 9. The number of benzene rings is 3. The molecule has 46 heavy (non-hydrogen) atoms. The van der Waals surface area contributed by atoms with Crippen LogP contribution in [0.1, 0.15) is 36.0 Å². The Balaban J connectivity index is 1.68. The maximum absolute atomic E-state index is 14.9. The molecule has 0 aliphatic carbocycles. The van der Waals surface area contributed by atoms with Crippen LogP contribution in [0.4, 0.5) is 45.2 Å². The summed E-state index contributed by atoms with van der Waals surface area (Å²) >= 11 is 0. The largest absolute Gasteiger partial charge is 0.573 e. The van der Waals surface area contributed by atoms with Gasteiger partial charge in [0.05, 0.1) is 6.61 Å². The van der Waals surface area contributed by atoms with Gasteiger partial charge in [-0.15, -0.1) is 13.2 Å². The molecule has 1 aliphatic heterocycles. The van der Waals surface area contributed by atoms with Crippen molar-refractivity contribution in [2.75, 3.05) is 11.9 Å². The van der Waals surface area contributed by atoms with Gasteiger partial charge in [0, 0.05) is 18.5 Å². The molecule has 0 spiro atoms. The van der Waals surface area contributed by atoms with Gasteiger partial charge < -0.3 is 20.1 Å². The van der Waals surface area contributed by atoms with Crippen molar-refractivity contribution < 1.29 is 58.6 Å². The number of rotatable bonds is 9. The van der Waals surface area contributed by atoms with Crippen LogP contribution >= 0.6 is 0 Å². The quantitative estimate of drug-likeness (QED) is 0.139. The summed E-state index contributed by atoms with van der Waals surface area (Å²) in [4.78, 5) is 26.8. The molecule has 246 valence electrons. The number of nitrogens with one attached hydrogen (secondary N) is 2. The van der Waals surface area contributed by atoms with Crippen LogP contribution in [0.2, 0.25) is 0 Å². The van der Waals surface area contributed by atoms with Gasteiger partial charge in [-0.2, -0.15) is 26.3 Å². The summed E-state index contributed by atoms with van der Waals surface area (Å²) in [7, 11) is 0. The van der Waals surface area contributed by atoms with E-state index in [1.165, 1.54) is 12.1 Å². The summed E-state index contributed by atoms with van der Waals surface area (Å²) < 4.78 is 128. The molecule has 1 aliphatic rings. The Morgan fingerprint density at radius 1 is 0.848 bits per heavy atom. The molecule has 3 aromatic rings. The predicted molar refractivity (Wildman–Crippen MR) is 148 cm³/mol. The highest BCUT2D eigenvalue weighted by atomic mass is 19.4. The first-order chi connectivity index (χ1) is 21.4. The topological polar surface area (TPSA) is 76.7 Å². The lowest BCUT2D eigenvalue weighted by atomic mass is 9.76. The molecule has 2 N–H and O–H groups in total. The number of alkyl halides is 9. The van der Waals surface area contributed by atoms with E-state index in [0.29, 0.717) is 0 Å². The lowest BCUT2D eigenvalue weighted by Gasteiger charge is -2.41. The van der Waals surface area contributed by atoms with Crippen molar-refractivity contribution in [3.05, 3.63) is 95.1 Å². The summed E-state index contributed by atoms with van der Waals surface area (Å²) in [5, 5.41) is 4.27. The molecular formula is C31H25F9N2O4. The third kappa shape index (κ3) is 8.31. The van der Waals surface area contributed by atoms with E-state index in [1.807, 2.05) is 5.32 Å². The second-order valence-corrected chi connectivity index (χ2v) is 10.4. The van der Waals surface area contributed by atoms with Crippen molar-refractivity contribution in [3.63, 3.8) is 0 Å². The van der Waals surface area contributed by atoms with Gasteiger partial charge in [0.25, 0.3) is 11.8 Å². The minimum atomic E-state index is -5.11. The van der Waals surface area contributed by atoms with Crippen LogP contribution in [-0.2, 0) is 15.1 Å². The first kappa shape index (κ1) is 34.2. The molecule has 0 saturated carbocycles. The van der Waals surface area contributed by atoms with Crippen molar-refractivity contribution >= 4 is 23.1 Å². The third-order valence-electron chi connectivity index (χ3n) is 6.97. The average molecular weight is 661 g/mol. The van der Waals surface area contributed by atoms with Crippen LogP contribution in [0.25, 0.3) is 5.57 Å². The van der Waals surface area contributed by atoms with Crippen LogP contribution < -0.4 is 20.1 Å². The SMILES string of the molecule is Cc1ccc(C2=C(C(=O)Nc3ccc(OC(F)(F)F)cc3)C(=O)N[C@@](c3ccc(OCCCC(F)(F)F)cc3)(C(F)(F)F)C2)cc1. The lowest BCUT2D eigenvalue weighted by Crippen LogP contribution is -2.59. The van der Waals surface area contributed by atoms with Crippen LogP contribution in [0.15, 0.2) is 78.4 Å². The van der Waals surface area contributed by atoms with Gasteiger partial charge >= 0.3 is 18.7 Å². The minimum absolute atomic E-state index is 0.00593. The average Bonchev–Trinajstić information content (AvgIpc) is 2.95. The third-order valence-corrected chi connectivity index (χ3v) is 6.97. The van der Waals surface area contributed by atoms with Gasteiger partial charge in [-0.1, -0.05) is 42.0 Å². The molecule has 4 rings (SSSR count). The number of carbonyl (C=O) groups is 2. The molecule has 6 nitrogen and oxygen atoms in total. The van der Waals surface area contributed by atoms with E-state index >= 15 is 0 Å². The highest BCUT2D eigenvalue weighted by Crippen LogP contribution is 2.48. The van der Waals surface area contributed by atoms with Crippen LogP contribution in [-0.4, -0.2) is 37.1 Å². The molecule has 2 amide bonds. The highest BCUT2D eigenvalue weighted by Gasteiger charge is 2.60. The fourth-order valence-electron chi connectivity index (χ4n) is 4.77. The maximum atomic E-state index is 14.9. The Morgan fingerprint density at radius 3 is 1.98 bits per heavy atom. The van der Waals surface area contributed by atoms with E-state index in [4.69, 9.17) is 4.74 Å². The number of carbonyl (C=O) groups excluding carboxylic acids is 2. The Morgan fingerprint density at radius 2 is 1.43 bits per heavy atom. The fraction of sp³-hybridized carbons (Fsp3) is 0.290. The molecular weight excluding hydrogens is 635 g/mol. The van der Waals surface area contributed by atoms with Gasteiger partial charge in [-0.3, -0.25) is 9.59 Å². The van der Waals surface area contributed by atoms with E-state index in [9.17, 15) is 49.1 Å². The number of anilines is 1. The van der Waals surface area contributed by atoms with Crippen LogP contribution in [0.3, 0.4) is 0 Å². The molecule has 0 radical (unpaired) electrons. The molecule has 15 heteroatoms. The first-order valence-electron chi connectivity index (χ1n) is 13.5. The first-order valence-corrected chi connectivity index (χ1v) is 13.5. The van der Waals surface area contributed by atoms with Crippen molar-refractivity contribution in [1.29, 1.82) is 0 Å². The molecule has 0 saturated heterocycles. The van der Waals surface area contributed by atoms with Gasteiger partial charge in [-0.25, -0.2) is 0 Å². The summed E-state index contributed by atoms with van der Waals surface area (Å²) in [6.07, 6.45) is -16.9. The number of hydrogen-bond donors (Lipinski definition) is 2. The summed E-state index contributed by atoms with van der Waals surface area (Å²) in [5.41, 5.74) is -3.56. The van der Waals surface area contributed by atoms with E-state index < -0.39 is 65.8 Å². The zero-order valence-electron chi connectivity index (χ0n) is 23.8. The summed E-state index contributed by atoms with van der Waals surface area (Å²) in [6.45, 7) is 1.38. The molecule has 0 aromatic heterocycles. The molecule has 0 fully saturated rings. The molecule has 0 bridgehead atoms. The normalized spacial score (nSPS) is 17.4. The highest BCUT2D eigenvalue weighted by molar-refractivity contribution is 6.28.